The van der Waals surface area contributed by atoms with Gasteiger partial charge in [0.1, 0.15) is 11.4 Å². The number of aromatic nitrogens is 1. The molecule has 0 saturated heterocycles. The maximum atomic E-state index is 12.0. The molecule has 0 fully saturated rings. The molecule has 1 heterocycles. The Bertz CT molecular complexity index is 335. The molecular formula is C7H4F5NO. The molecule has 0 saturated carbocycles. The zero-order valence-corrected chi connectivity index (χ0v) is 6.52. The highest BCUT2D eigenvalue weighted by Crippen LogP contribution is 2.33. The van der Waals surface area contributed by atoms with E-state index in [9.17, 15) is 22.0 Å². The van der Waals surface area contributed by atoms with Gasteiger partial charge < -0.3 is 5.11 Å². The van der Waals surface area contributed by atoms with Crippen LogP contribution in [0.1, 0.15) is 17.7 Å². The summed E-state index contributed by atoms with van der Waals surface area (Å²) in [4.78, 5) is 2.82. The zero-order chi connectivity index (χ0) is 10.9. The number of aromatic hydroxyl groups is 1. The lowest BCUT2D eigenvalue weighted by Crippen LogP contribution is -2.06. The van der Waals surface area contributed by atoms with Crippen LogP contribution in [0.25, 0.3) is 0 Å². The molecule has 0 radical (unpaired) electrons. The van der Waals surface area contributed by atoms with E-state index < -0.39 is 29.6 Å². The summed E-state index contributed by atoms with van der Waals surface area (Å²) < 4.78 is 59.8. The van der Waals surface area contributed by atoms with E-state index in [1.54, 1.807) is 0 Å². The van der Waals surface area contributed by atoms with Crippen molar-refractivity contribution in [2.24, 2.45) is 0 Å². The number of halogens is 5. The second-order valence-electron chi connectivity index (χ2n) is 2.43. The molecule has 0 aliphatic heterocycles. The summed E-state index contributed by atoms with van der Waals surface area (Å²) in [6, 6.07) is 0.217. The van der Waals surface area contributed by atoms with Crippen LogP contribution in [0.3, 0.4) is 0 Å². The predicted molar refractivity (Wildman–Crippen MR) is 35.9 cm³/mol. The van der Waals surface area contributed by atoms with Crippen LogP contribution in [0, 0.1) is 0 Å². The van der Waals surface area contributed by atoms with Crippen molar-refractivity contribution in [2.75, 3.05) is 0 Å². The standard InChI is InChI=1S/C7H4F5NO/c8-6(9)5-4(14)1-3(2-13-5)7(10,11)12/h1-2,6,14H. The van der Waals surface area contributed by atoms with Crippen molar-refractivity contribution in [3.8, 4) is 5.75 Å². The fourth-order valence-corrected chi connectivity index (χ4v) is 0.787. The molecule has 0 aliphatic rings. The van der Waals surface area contributed by atoms with Crippen molar-refractivity contribution in [1.82, 2.24) is 4.98 Å². The third-order valence-electron chi connectivity index (χ3n) is 1.43. The molecule has 0 spiro atoms. The third-order valence-corrected chi connectivity index (χ3v) is 1.43. The molecule has 1 aromatic rings. The van der Waals surface area contributed by atoms with E-state index in [2.05, 4.69) is 4.98 Å². The summed E-state index contributed by atoms with van der Waals surface area (Å²) in [6.07, 6.45) is -7.55. The first-order valence-electron chi connectivity index (χ1n) is 3.36. The number of hydrogen-bond acceptors (Lipinski definition) is 2. The molecule has 14 heavy (non-hydrogen) atoms. The highest BCUT2D eigenvalue weighted by molar-refractivity contribution is 5.32. The van der Waals surface area contributed by atoms with E-state index in [1.165, 1.54) is 0 Å². The lowest BCUT2D eigenvalue weighted by Gasteiger charge is -2.08. The van der Waals surface area contributed by atoms with Crippen LogP contribution >= 0.6 is 0 Å². The first kappa shape index (κ1) is 10.7. The molecule has 7 heteroatoms. The van der Waals surface area contributed by atoms with E-state index in [0.29, 0.717) is 0 Å². The van der Waals surface area contributed by atoms with Crippen molar-refractivity contribution in [1.29, 1.82) is 0 Å². The average molecular weight is 213 g/mol. The maximum Gasteiger partial charge on any atom is 0.418 e. The smallest absolute Gasteiger partial charge is 0.418 e. The Hall–Kier alpha value is -1.40. The second-order valence-corrected chi connectivity index (χ2v) is 2.43. The van der Waals surface area contributed by atoms with E-state index in [0.717, 1.165) is 0 Å². The van der Waals surface area contributed by atoms with Crippen LogP contribution < -0.4 is 0 Å². The predicted octanol–water partition coefficient (Wildman–Crippen LogP) is 2.74. The first-order chi connectivity index (χ1) is 6.32. The van der Waals surface area contributed by atoms with Crippen molar-refractivity contribution in [2.45, 2.75) is 12.6 Å². The Kier molecular flexibility index (Phi) is 2.59. The average Bonchev–Trinajstić information content (AvgIpc) is 2.01. The monoisotopic (exact) mass is 213 g/mol. The van der Waals surface area contributed by atoms with Crippen molar-refractivity contribution in [3.63, 3.8) is 0 Å². The van der Waals surface area contributed by atoms with Gasteiger partial charge in [-0.15, -0.1) is 0 Å². The van der Waals surface area contributed by atoms with Gasteiger partial charge >= 0.3 is 6.18 Å². The van der Waals surface area contributed by atoms with Crippen LogP contribution in [0.4, 0.5) is 22.0 Å². The van der Waals surface area contributed by atoms with Crippen molar-refractivity contribution < 1.29 is 27.1 Å². The van der Waals surface area contributed by atoms with Crippen molar-refractivity contribution in [3.05, 3.63) is 23.5 Å². The normalized spacial score (nSPS) is 12.1. The Morgan fingerprint density at radius 3 is 2.21 bits per heavy atom. The Morgan fingerprint density at radius 2 is 1.86 bits per heavy atom. The summed E-state index contributed by atoms with van der Waals surface area (Å²) in [5.41, 5.74) is -2.32. The van der Waals surface area contributed by atoms with Gasteiger partial charge in [-0.25, -0.2) is 8.78 Å². The van der Waals surface area contributed by atoms with Crippen LogP contribution in [-0.2, 0) is 6.18 Å². The minimum Gasteiger partial charge on any atom is -0.506 e. The summed E-state index contributed by atoms with van der Waals surface area (Å²) >= 11 is 0. The Labute approximate surface area is 75.0 Å². The molecule has 78 valence electrons. The van der Waals surface area contributed by atoms with Crippen LogP contribution in [0.15, 0.2) is 12.3 Å². The molecule has 1 aromatic heterocycles. The molecule has 0 aliphatic carbocycles. The molecular weight excluding hydrogens is 209 g/mol. The van der Waals surface area contributed by atoms with E-state index in [4.69, 9.17) is 5.11 Å². The van der Waals surface area contributed by atoms with Gasteiger partial charge in [0.25, 0.3) is 6.43 Å². The van der Waals surface area contributed by atoms with Gasteiger partial charge in [-0.3, -0.25) is 4.98 Å². The Balaban J connectivity index is 3.13. The van der Waals surface area contributed by atoms with Crippen LogP contribution in [0.5, 0.6) is 5.75 Å². The van der Waals surface area contributed by atoms with Gasteiger partial charge in [-0.05, 0) is 6.07 Å². The van der Waals surface area contributed by atoms with Gasteiger partial charge in [-0.2, -0.15) is 13.2 Å². The fraction of sp³-hybridized carbons (Fsp3) is 0.286. The summed E-state index contributed by atoms with van der Waals surface area (Å²) in [5, 5.41) is 8.78. The van der Waals surface area contributed by atoms with Crippen molar-refractivity contribution >= 4 is 0 Å². The van der Waals surface area contributed by atoms with E-state index >= 15 is 0 Å². The summed E-state index contributed by atoms with van der Waals surface area (Å²) in [6.45, 7) is 0. The zero-order valence-electron chi connectivity index (χ0n) is 6.52. The van der Waals surface area contributed by atoms with Crippen LogP contribution in [0.2, 0.25) is 0 Å². The topological polar surface area (TPSA) is 33.1 Å². The number of pyridine rings is 1. The minimum absolute atomic E-state index is 0.217. The summed E-state index contributed by atoms with van der Waals surface area (Å²) in [7, 11) is 0. The number of nitrogens with zero attached hydrogens (tertiary/aromatic N) is 1. The molecule has 0 unspecified atom stereocenters. The molecule has 0 aromatic carbocycles. The highest BCUT2D eigenvalue weighted by Gasteiger charge is 2.32. The number of alkyl halides is 5. The Morgan fingerprint density at radius 1 is 1.29 bits per heavy atom. The van der Waals surface area contributed by atoms with Crippen LogP contribution in [-0.4, -0.2) is 10.1 Å². The molecule has 0 bridgehead atoms. The molecule has 1 rings (SSSR count). The molecule has 2 nitrogen and oxygen atoms in total. The van der Waals surface area contributed by atoms with Gasteiger partial charge in [0.05, 0.1) is 5.56 Å². The number of rotatable bonds is 1. The SMILES string of the molecule is Oc1cc(C(F)(F)F)cnc1C(F)F. The molecule has 0 amide bonds. The van der Waals surface area contributed by atoms with Gasteiger partial charge in [0.2, 0.25) is 0 Å². The molecule has 0 atom stereocenters. The lowest BCUT2D eigenvalue weighted by atomic mass is 10.2. The molecule has 1 N–H and O–H groups in total. The van der Waals surface area contributed by atoms with Gasteiger partial charge in [0.15, 0.2) is 0 Å². The van der Waals surface area contributed by atoms with E-state index in [-0.39, 0.29) is 12.3 Å². The third kappa shape index (κ3) is 2.09. The first-order valence-corrected chi connectivity index (χ1v) is 3.36. The minimum atomic E-state index is -4.70. The number of hydrogen-bond donors (Lipinski definition) is 1. The maximum absolute atomic E-state index is 12.0. The van der Waals surface area contributed by atoms with Gasteiger partial charge in [0, 0.05) is 6.20 Å². The quantitative estimate of drug-likeness (QED) is 0.727. The largest absolute Gasteiger partial charge is 0.506 e. The second kappa shape index (κ2) is 3.39. The highest BCUT2D eigenvalue weighted by atomic mass is 19.4. The van der Waals surface area contributed by atoms with Gasteiger partial charge in [-0.1, -0.05) is 0 Å². The summed E-state index contributed by atoms with van der Waals surface area (Å²) in [5.74, 6) is -1.16. The van der Waals surface area contributed by atoms with E-state index in [1.807, 2.05) is 0 Å². The lowest BCUT2D eigenvalue weighted by molar-refractivity contribution is -0.138. The fourth-order valence-electron chi connectivity index (χ4n) is 0.787.